The van der Waals surface area contributed by atoms with Gasteiger partial charge in [0.2, 0.25) is 0 Å². The number of imidazole rings is 1. The van der Waals surface area contributed by atoms with Crippen LogP contribution in [-0.2, 0) is 13.2 Å². The van der Waals surface area contributed by atoms with Gasteiger partial charge in [0.05, 0.1) is 5.69 Å². The summed E-state index contributed by atoms with van der Waals surface area (Å²) in [6.07, 6.45) is 3.94. The highest BCUT2D eigenvalue weighted by atomic mass is 16.5. The lowest BCUT2D eigenvalue weighted by Crippen LogP contribution is -2.02. The molecular weight excluding hydrogens is 238 g/mol. The number of nitrogens with two attached hydrogens (primary N) is 1. The van der Waals surface area contributed by atoms with Gasteiger partial charge in [-0.3, -0.25) is 0 Å². The van der Waals surface area contributed by atoms with Crippen LogP contribution in [0.5, 0.6) is 5.75 Å². The summed E-state index contributed by atoms with van der Waals surface area (Å²) in [5.41, 5.74) is 8.51. The number of rotatable bonds is 4. The molecule has 4 nitrogen and oxygen atoms in total. The summed E-state index contributed by atoms with van der Waals surface area (Å²) < 4.78 is 7.77. The molecule has 0 aliphatic rings. The first kappa shape index (κ1) is 11.7. The second-order valence-corrected chi connectivity index (χ2v) is 4.30. The van der Waals surface area contributed by atoms with E-state index in [1.54, 1.807) is 0 Å². The van der Waals surface area contributed by atoms with Crippen molar-refractivity contribution in [1.82, 2.24) is 9.38 Å². The average Bonchev–Trinajstić information content (AvgIpc) is 2.88. The summed E-state index contributed by atoms with van der Waals surface area (Å²) in [5.74, 6) is 0.821. The Hall–Kier alpha value is -2.33. The summed E-state index contributed by atoms with van der Waals surface area (Å²) in [5, 5.41) is 0. The first-order chi connectivity index (χ1) is 9.36. The third-order valence-electron chi connectivity index (χ3n) is 2.98. The fourth-order valence-electron chi connectivity index (χ4n) is 2.02. The number of fused-ring (bicyclic) bond motifs is 1. The molecule has 0 amide bonds. The zero-order valence-electron chi connectivity index (χ0n) is 10.5. The zero-order chi connectivity index (χ0) is 13.1. The van der Waals surface area contributed by atoms with Crippen LogP contribution in [0.4, 0.5) is 0 Å². The topological polar surface area (TPSA) is 52.5 Å². The van der Waals surface area contributed by atoms with Gasteiger partial charge in [-0.1, -0.05) is 24.3 Å². The van der Waals surface area contributed by atoms with Crippen LogP contribution in [0.1, 0.15) is 11.3 Å². The van der Waals surface area contributed by atoms with Gasteiger partial charge in [-0.25, -0.2) is 4.98 Å². The Balaban J connectivity index is 1.78. The van der Waals surface area contributed by atoms with Gasteiger partial charge in [-0.05, 0) is 18.2 Å². The molecule has 96 valence electrons. The summed E-state index contributed by atoms with van der Waals surface area (Å²) in [4.78, 5) is 4.49. The molecular formula is C15H15N3O. The van der Waals surface area contributed by atoms with E-state index in [0.717, 1.165) is 22.7 Å². The number of aromatic nitrogens is 2. The largest absolute Gasteiger partial charge is 0.487 e. The minimum absolute atomic E-state index is 0.443. The average molecular weight is 253 g/mol. The van der Waals surface area contributed by atoms with Crippen LogP contribution in [0.25, 0.3) is 5.65 Å². The Labute approximate surface area is 111 Å². The number of ether oxygens (including phenoxy) is 1. The van der Waals surface area contributed by atoms with Crippen molar-refractivity contribution in [1.29, 1.82) is 0 Å². The molecule has 0 spiro atoms. The van der Waals surface area contributed by atoms with E-state index in [4.69, 9.17) is 10.5 Å². The lowest BCUT2D eigenvalue weighted by atomic mass is 10.2. The minimum Gasteiger partial charge on any atom is -0.487 e. The van der Waals surface area contributed by atoms with Crippen LogP contribution in [0.15, 0.2) is 54.9 Å². The molecule has 19 heavy (non-hydrogen) atoms. The third-order valence-corrected chi connectivity index (χ3v) is 2.98. The molecule has 0 atom stereocenters. The van der Waals surface area contributed by atoms with Gasteiger partial charge in [0.1, 0.15) is 18.0 Å². The van der Waals surface area contributed by atoms with Crippen molar-refractivity contribution < 1.29 is 4.74 Å². The quantitative estimate of drug-likeness (QED) is 0.776. The van der Waals surface area contributed by atoms with Gasteiger partial charge in [0, 0.05) is 24.5 Å². The van der Waals surface area contributed by atoms with E-state index in [9.17, 15) is 0 Å². The number of benzene rings is 1. The van der Waals surface area contributed by atoms with Gasteiger partial charge in [-0.2, -0.15) is 0 Å². The van der Waals surface area contributed by atoms with Gasteiger partial charge >= 0.3 is 0 Å². The molecule has 0 unspecified atom stereocenters. The molecule has 0 saturated heterocycles. The van der Waals surface area contributed by atoms with Gasteiger partial charge < -0.3 is 14.9 Å². The molecule has 0 fully saturated rings. The number of para-hydroxylation sites is 1. The summed E-state index contributed by atoms with van der Waals surface area (Å²) in [6.45, 7) is 0.917. The van der Waals surface area contributed by atoms with E-state index in [1.807, 2.05) is 59.3 Å². The first-order valence-electron chi connectivity index (χ1n) is 6.20. The molecule has 0 radical (unpaired) electrons. The lowest BCUT2D eigenvalue weighted by molar-refractivity contribution is 0.299. The molecule has 2 heterocycles. The highest BCUT2D eigenvalue weighted by molar-refractivity contribution is 5.39. The number of hydrogen-bond acceptors (Lipinski definition) is 3. The molecule has 1 aromatic carbocycles. The first-order valence-corrected chi connectivity index (χ1v) is 6.20. The fourth-order valence-corrected chi connectivity index (χ4v) is 2.02. The van der Waals surface area contributed by atoms with Crippen molar-refractivity contribution in [3.8, 4) is 5.75 Å². The van der Waals surface area contributed by atoms with E-state index in [2.05, 4.69) is 4.98 Å². The molecule has 4 heteroatoms. The van der Waals surface area contributed by atoms with Gasteiger partial charge in [0.25, 0.3) is 0 Å². The molecule has 2 aromatic heterocycles. The second kappa shape index (κ2) is 5.12. The summed E-state index contributed by atoms with van der Waals surface area (Å²) in [6, 6.07) is 13.7. The number of hydrogen-bond donors (Lipinski definition) is 1. The third kappa shape index (κ3) is 2.44. The van der Waals surface area contributed by atoms with Crippen molar-refractivity contribution in [2.45, 2.75) is 13.2 Å². The molecule has 3 rings (SSSR count). The van der Waals surface area contributed by atoms with Crippen LogP contribution in [0, 0.1) is 0 Å². The SMILES string of the molecule is NCc1ccccc1OCc1cn2ccccc2n1. The Bertz CT molecular complexity index is 657. The fraction of sp³-hybridized carbons (Fsp3) is 0.133. The van der Waals surface area contributed by atoms with E-state index >= 15 is 0 Å². The highest BCUT2D eigenvalue weighted by Crippen LogP contribution is 2.18. The van der Waals surface area contributed by atoms with E-state index in [1.165, 1.54) is 0 Å². The predicted molar refractivity (Wildman–Crippen MR) is 73.9 cm³/mol. The van der Waals surface area contributed by atoms with Crippen LogP contribution >= 0.6 is 0 Å². The Morgan fingerprint density at radius 3 is 2.79 bits per heavy atom. The lowest BCUT2D eigenvalue weighted by Gasteiger charge is -2.08. The number of nitrogens with zero attached hydrogens (tertiary/aromatic N) is 2. The standard InChI is InChI=1S/C15H15N3O/c16-9-12-5-1-2-6-14(12)19-11-13-10-18-8-4-3-7-15(18)17-13/h1-8,10H,9,11,16H2. The normalized spacial score (nSPS) is 10.8. The van der Waals surface area contributed by atoms with Crippen LogP contribution in [0.2, 0.25) is 0 Å². The molecule has 0 bridgehead atoms. The Morgan fingerprint density at radius 2 is 1.95 bits per heavy atom. The van der Waals surface area contributed by atoms with Crippen molar-refractivity contribution in [3.63, 3.8) is 0 Å². The second-order valence-electron chi connectivity index (χ2n) is 4.30. The molecule has 3 aromatic rings. The van der Waals surface area contributed by atoms with Crippen molar-refractivity contribution in [2.75, 3.05) is 0 Å². The Kier molecular flexibility index (Phi) is 3.16. The van der Waals surface area contributed by atoms with E-state index in [-0.39, 0.29) is 0 Å². The number of pyridine rings is 1. The molecule has 2 N–H and O–H groups in total. The van der Waals surface area contributed by atoms with Crippen LogP contribution in [0.3, 0.4) is 0 Å². The molecule has 0 aliphatic carbocycles. The predicted octanol–water partition coefficient (Wildman–Crippen LogP) is 2.37. The van der Waals surface area contributed by atoms with Gasteiger partial charge in [0.15, 0.2) is 0 Å². The van der Waals surface area contributed by atoms with Crippen molar-refractivity contribution in [2.24, 2.45) is 5.73 Å². The smallest absolute Gasteiger partial charge is 0.137 e. The van der Waals surface area contributed by atoms with Crippen molar-refractivity contribution >= 4 is 5.65 Å². The zero-order valence-corrected chi connectivity index (χ0v) is 10.5. The highest BCUT2D eigenvalue weighted by Gasteiger charge is 2.04. The van der Waals surface area contributed by atoms with E-state index < -0.39 is 0 Å². The maximum atomic E-state index is 5.79. The van der Waals surface area contributed by atoms with E-state index in [0.29, 0.717) is 13.2 Å². The Morgan fingerprint density at radius 1 is 1.11 bits per heavy atom. The molecule has 0 saturated carbocycles. The maximum absolute atomic E-state index is 5.79. The summed E-state index contributed by atoms with van der Waals surface area (Å²) in [7, 11) is 0. The van der Waals surface area contributed by atoms with Crippen LogP contribution in [-0.4, -0.2) is 9.38 Å². The molecule has 0 aliphatic heterocycles. The minimum atomic E-state index is 0.443. The van der Waals surface area contributed by atoms with Crippen LogP contribution < -0.4 is 10.5 Å². The monoisotopic (exact) mass is 253 g/mol. The van der Waals surface area contributed by atoms with Gasteiger partial charge in [-0.15, -0.1) is 0 Å². The van der Waals surface area contributed by atoms with Crippen molar-refractivity contribution in [3.05, 3.63) is 66.1 Å². The summed E-state index contributed by atoms with van der Waals surface area (Å²) >= 11 is 0. The maximum Gasteiger partial charge on any atom is 0.137 e.